The number of thiocarbonyl (C=S) groups is 1. The molecule has 4 nitrogen and oxygen atoms in total. The molecule has 0 saturated carbocycles. The molecular formula is C21H20N2O2S. The van der Waals surface area contributed by atoms with Gasteiger partial charge in [-0.25, -0.2) is 0 Å². The Hall–Kier alpha value is -2.92. The summed E-state index contributed by atoms with van der Waals surface area (Å²) in [5, 5.41) is 3.42. The lowest BCUT2D eigenvalue weighted by Gasteiger charge is -2.17. The maximum Gasteiger partial charge on any atom is 0.281 e. The van der Waals surface area contributed by atoms with Gasteiger partial charge >= 0.3 is 0 Å². The lowest BCUT2D eigenvalue weighted by molar-refractivity contribution is -0.113. The van der Waals surface area contributed by atoms with Crippen LogP contribution in [0.3, 0.4) is 0 Å². The number of hydrogen-bond donors (Lipinski definition) is 1. The van der Waals surface area contributed by atoms with Gasteiger partial charge in [0.25, 0.3) is 5.91 Å². The van der Waals surface area contributed by atoms with Crippen molar-refractivity contribution in [3.05, 3.63) is 78.0 Å². The van der Waals surface area contributed by atoms with Crippen molar-refractivity contribution in [3.8, 4) is 5.75 Å². The van der Waals surface area contributed by atoms with Crippen molar-refractivity contribution in [2.24, 2.45) is 0 Å². The van der Waals surface area contributed by atoms with Gasteiger partial charge in [-0.3, -0.25) is 9.69 Å². The van der Waals surface area contributed by atoms with Crippen LogP contribution >= 0.6 is 12.2 Å². The van der Waals surface area contributed by atoms with Crippen LogP contribution in [0.1, 0.15) is 18.1 Å². The highest BCUT2D eigenvalue weighted by Crippen LogP contribution is 2.26. The summed E-state index contributed by atoms with van der Waals surface area (Å²) in [5.41, 5.74) is 3.25. The van der Waals surface area contributed by atoms with E-state index in [2.05, 4.69) is 18.8 Å². The minimum absolute atomic E-state index is 0.150. The molecule has 0 bridgehead atoms. The van der Waals surface area contributed by atoms with Crippen LogP contribution in [0, 0.1) is 0 Å². The summed E-state index contributed by atoms with van der Waals surface area (Å²) < 4.78 is 5.47. The standard InChI is InChI=1S/C21H20N2O2S/c1-3-13-25-17-11-9-15(10-12-17)14-18-20(24)23(21(26)22-18)19-8-6-5-7-16(19)4-2/h3,5-12,14H,1,4,13H2,2H3,(H,22,26)/b18-14+. The smallest absolute Gasteiger partial charge is 0.281 e. The third-order valence-electron chi connectivity index (χ3n) is 4.05. The van der Waals surface area contributed by atoms with Crippen LogP contribution in [0.25, 0.3) is 6.08 Å². The van der Waals surface area contributed by atoms with Crippen molar-refractivity contribution >= 4 is 35.0 Å². The maximum absolute atomic E-state index is 12.9. The molecule has 5 heteroatoms. The van der Waals surface area contributed by atoms with Crippen molar-refractivity contribution in [1.29, 1.82) is 0 Å². The second-order valence-electron chi connectivity index (χ2n) is 5.78. The van der Waals surface area contributed by atoms with Crippen molar-refractivity contribution in [1.82, 2.24) is 5.32 Å². The normalized spacial score (nSPS) is 15.3. The number of para-hydroxylation sites is 1. The Morgan fingerprint density at radius 1 is 1.19 bits per heavy atom. The van der Waals surface area contributed by atoms with Gasteiger partial charge in [-0.05, 0) is 54.0 Å². The molecule has 1 amide bonds. The van der Waals surface area contributed by atoms with Crippen LogP contribution in [0.15, 0.2) is 66.9 Å². The molecule has 0 atom stereocenters. The van der Waals surface area contributed by atoms with E-state index in [0.29, 0.717) is 17.4 Å². The van der Waals surface area contributed by atoms with Crippen LogP contribution in [-0.4, -0.2) is 17.6 Å². The molecule has 1 aliphatic heterocycles. The highest BCUT2D eigenvalue weighted by molar-refractivity contribution is 7.80. The molecule has 26 heavy (non-hydrogen) atoms. The zero-order chi connectivity index (χ0) is 18.5. The van der Waals surface area contributed by atoms with Gasteiger partial charge < -0.3 is 10.1 Å². The van der Waals surface area contributed by atoms with Crippen molar-refractivity contribution in [2.45, 2.75) is 13.3 Å². The Kier molecular flexibility index (Phi) is 5.49. The lowest BCUT2D eigenvalue weighted by Crippen LogP contribution is -2.31. The minimum Gasteiger partial charge on any atom is -0.490 e. The Bertz CT molecular complexity index is 872. The van der Waals surface area contributed by atoms with E-state index >= 15 is 0 Å². The molecule has 1 N–H and O–H groups in total. The second-order valence-corrected chi connectivity index (χ2v) is 6.17. The molecule has 1 aliphatic rings. The van der Waals surface area contributed by atoms with E-state index in [1.807, 2.05) is 48.5 Å². The van der Waals surface area contributed by atoms with Crippen molar-refractivity contribution in [3.63, 3.8) is 0 Å². The number of amides is 1. The molecule has 2 aromatic rings. The van der Waals surface area contributed by atoms with E-state index in [9.17, 15) is 4.79 Å². The van der Waals surface area contributed by atoms with Gasteiger partial charge in [-0.15, -0.1) is 0 Å². The molecule has 0 aliphatic carbocycles. The molecule has 0 aromatic heterocycles. The van der Waals surface area contributed by atoms with Crippen LogP contribution in [0.4, 0.5) is 5.69 Å². The lowest BCUT2D eigenvalue weighted by atomic mass is 10.1. The van der Waals surface area contributed by atoms with Crippen LogP contribution in [0.5, 0.6) is 5.75 Å². The van der Waals surface area contributed by atoms with E-state index in [1.54, 1.807) is 17.1 Å². The fourth-order valence-corrected chi connectivity index (χ4v) is 3.06. The van der Waals surface area contributed by atoms with Gasteiger partial charge in [0.05, 0.1) is 5.69 Å². The number of hydrogen-bond acceptors (Lipinski definition) is 3. The van der Waals surface area contributed by atoms with Gasteiger partial charge in [0.15, 0.2) is 5.11 Å². The van der Waals surface area contributed by atoms with Gasteiger partial charge in [0.2, 0.25) is 0 Å². The molecule has 0 spiro atoms. The summed E-state index contributed by atoms with van der Waals surface area (Å²) in [6.07, 6.45) is 4.31. The van der Waals surface area contributed by atoms with E-state index in [1.165, 1.54) is 0 Å². The number of ether oxygens (including phenoxy) is 1. The SMILES string of the molecule is C=CCOc1ccc(/C=C2/NC(=S)N(c3ccccc3CC)C2=O)cc1. The Morgan fingerprint density at radius 3 is 2.62 bits per heavy atom. The van der Waals surface area contributed by atoms with E-state index < -0.39 is 0 Å². The molecule has 0 unspecified atom stereocenters. The zero-order valence-corrected chi connectivity index (χ0v) is 15.4. The van der Waals surface area contributed by atoms with Crippen molar-refractivity contribution < 1.29 is 9.53 Å². The molecule has 0 radical (unpaired) electrons. The fourth-order valence-electron chi connectivity index (χ4n) is 2.76. The maximum atomic E-state index is 12.9. The van der Waals surface area contributed by atoms with Crippen LogP contribution in [-0.2, 0) is 11.2 Å². The summed E-state index contributed by atoms with van der Waals surface area (Å²) in [5.74, 6) is 0.606. The predicted octanol–water partition coefficient (Wildman–Crippen LogP) is 4.08. The van der Waals surface area contributed by atoms with E-state index in [-0.39, 0.29) is 5.91 Å². The Morgan fingerprint density at radius 2 is 1.92 bits per heavy atom. The van der Waals surface area contributed by atoms with Crippen LogP contribution in [0.2, 0.25) is 0 Å². The quantitative estimate of drug-likeness (QED) is 0.476. The molecule has 1 saturated heterocycles. The van der Waals surface area contributed by atoms with Gasteiger partial charge in [0.1, 0.15) is 18.1 Å². The number of benzene rings is 2. The van der Waals surface area contributed by atoms with Gasteiger partial charge in [0, 0.05) is 0 Å². The summed E-state index contributed by atoms with van der Waals surface area (Å²) in [4.78, 5) is 14.4. The minimum atomic E-state index is -0.150. The number of rotatable bonds is 6. The topological polar surface area (TPSA) is 41.6 Å². The van der Waals surface area contributed by atoms with E-state index in [4.69, 9.17) is 17.0 Å². The highest BCUT2D eigenvalue weighted by Gasteiger charge is 2.32. The summed E-state index contributed by atoms with van der Waals surface area (Å²) in [6, 6.07) is 15.3. The molecule has 2 aromatic carbocycles. The first kappa shape index (κ1) is 17.9. The number of nitrogens with one attached hydrogen (secondary N) is 1. The first-order valence-corrected chi connectivity index (χ1v) is 8.83. The number of carbonyl (C=O) groups is 1. The molecular weight excluding hydrogens is 344 g/mol. The summed E-state index contributed by atoms with van der Waals surface area (Å²) >= 11 is 5.39. The monoisotopic (exact) mass is 364 g/mol. The number of nitrogens with zero attached hydrogens (tertiary/aromatic N) is 1. The number of carbonyl (C=O) groups excluding carboxylic acids is 1. The number of anilines is 1. The average molecular weight is 364 g/mol. The molecule has 1 fully saturated rings. The third-order valence-corrected chi connectivity index (χ3v) is 4.34. The largest absolute Gasteiger partial charge is 0.490 e. The Balaban J connectivity index is 1.84. The summed E-state index contributed by atoms with van der Waals surface area (Å²) in [7, 11) is 0. The predicted molar refractivity (Wildman–Crippen MR) is 109 cm³/mol. The first-order valence-electron chi connectivity index (χ1n) is 8.43. The van der Waals surface area contributed by atoms with Crippen LogP contribution < -0.4 is 15.0 Å². The van der Waals surface area contributed by atoms with Gasteiger partial charge in [-0.1, -0.05) is 49.9 Å². The summed E-state index contributed by atoms with van der Waals surface area (Å²) in [6.45, 7) is 6.14. The Labute approximate surface area is 158 Å². The molecule has 1 heterocycles. The fraction of sp³-hybridized carbons (Fsp3) is 0.143. The molecule has 132 valence electrons. The second kappa shape index (κ2) is 7.97. The third kappa shape index (κ3) is 3.68. The number of aryl methyl sites for hydroxylation is 1. The van der Waals surface area contributed by atoms with Gasteiger partial charge in [-0.2, -0.15) is 0 Å². The average Bonchev–Trinajstić information content (AvgIpc) is 2.94. The zero-order valence-electron chi connectivity index (χ0n) is 14.6. The van der Waals surface area contributed by atoms with Crippen molar-refractivity contribution in [2.75, 3.05) is 11.5 Å². The highest BCUT2D eigenvalue weighted by atomic mass is 32.1. The molecule has 3 rings (SSSR count). The van der Waals surface area contributed by atoms with E-state index in [0.717, 1.165) is 29.0 Å². The first-order chi connectivity index (χ1) is 12.6.